The van der Waals surface area contributed by atoms with E-state index in [9.17, 15) is 5.11 Å². The van der Waals surface area contributed by atoms with Crippen molar-refractivity contribution in [1.29, 1.82) is 0 Å². The van der Waals surface area contributed by atoms with Crippen molar-refractivity contribution < 1.29 is 5.11 Å². The fourth-order valence-electron chi connectivity index (χ4n) is 1.19. The van der Waals surface area contributed by atoms with Gasteiger partial charge in [0.15, 0.2) is 0 Å². The highest BCUT2D eigenvalue weighted by atomic mass is 16.3. The molecule has 0 heterocycles. The first-order chi connectivity index (χ1) is 5.67. The first-order valence-electron chi connectivity index (χ1n) is 4.13. The van der Waals surface area contributed by atoms with Crippen LogP contribution in [-0.2, 0) is 5.11 Å². The summed E-state index contributed by atoms with van der Waals surface area (Å²) in [5.41, 5.74) is 1.19. The van der Waals surface area contributed by atoms with Crippen molar-refractivity contribution in [1.82, 2.24) is 4.48 Å². The van der Waals surface area contributed by atoms with Gasteiger partial charge in [-0.25, -0.2) is 5.11 Å². The number of rotatable bonds is 3. The lowest BCUT2D eigenvalue weighted by molar-refractivity contribution is 0.165. The van der Waals surface area contributed by atoms with Crippen molar-refractivity contribution in [2.75, 3.05) is 27.2 Å². The zero-order valence-corrected chi connectivity index (χ0v) is 7.66. The lowest BCUT2D eigenvalue weighted by Gasteiger charge is -2.27. The highest BCUT2D eigenvalue weighted by molar-refractivity contribution is 5.40. The zero-order valence-electron chi connectivity index (χ0n) is 7.66. The average molecular weight is 165 g/mol. The minimum atomic E-state index is -0.0259. The summed E-state index contributed by atoms with van der Waals surface area (Å²) in [4.78, 5) is 0. The molecule has 12 heavy (non-hydrogen) atoms. The van der Waals surface area contributed by atoms with Crippen LogP contribution in [0.2, 0.25) is 0 Å². The minimum absolute atomic E-state index is 0.0259. The summed E-state index contributed by atoms with van der Waals surface area (Å²) in [6.07, 6.45) is 0. The van der Waals surface area contributed by atoms with E-state index in [2.05, 4.69) is 12.1 Å². The molecule has 1 aromatic carbocycles. The molecule has 0 fully saturated rings. The number of likely N-dealkylation sites (N-methyl/N-ethyl adjacent to an activating group) is 1. The number of para-hydroxylation sites is 1. The molecule has 0 aliphatic heterocycles. The Labute approximate surface area is 73.7 Å². The number of nitrogens with zero attached hydrogens (tertiary/aromatic N) is 1. The Hall–Kier alpha value is -0.860. The second kappa shape index (κ2) is 3.70. The van der Waals surface area contributed by atoms with E-state index in [1.165, 1.54) is 5.69 Å². The van der Waals surface area contributed by atoms with Gasteiger partial charge in [0, 0.05) is 0 Å². The summed E-state index contributed by atoms with van der Waals surface area (Å²) in [5, 5.41) is 10.5. The predicted molar refractivity (Wildman–Crippen MR) is 50.5 cm³/mol. The van der Waals surface area contributed by atoms with Crippen LogP contribution in [0.4, 0.5) is 5.69 Å². The van der Waals surface area contributed by atoms with E-state index in [0.717, 1.165) is 0 Å². The van der Waals surface area contributed by atoms with Gasteiger partial charge in [0.05, 0.1) is 14.1 Å². The van der Waals surface area contributed by atoms with Gasteiger partial charge in [0.2, 0.25) is 0 Å². The van der Waals surface area contributed by atoms with Gasteiger partial charge in [-0.1, -0.05) is 18.2 Å². The average Bonchev–Trinajstić information content (AvgIpc) is 2.06. The predicted octanol–water partition coefficient (Wildman–Crippen LogP) is 1.68. The van der Waals surface area contributed by atoms with Crippen LogP contribution in [0.1, 0.15) is 0 Å². The molecule has 0 atom stereocenters. The molecule has 65 valence electrons. The Morgan fingerprint density at radius 2 is 1.75 bits per heavy atom. The van der Waals surface area contributed by atoms with Crippen LogP contribution >= 0.6 is 0 Å². The number of quaternary nitrogens is 1. The van der Waals surface area contributed by atoms with Crippen molar-refractivity contribution in [3.63, 3.8) is 0 Å². The fraction of sp³-hybridized carbons (Fsp3) is 0.400. The van der Waals surface area contributed by atoms with Crippen molar-refractivity contribution in [3.8, 4) is 0 Å². The molecule has 0 aliphatic carbocycles. The van der Waals surface area contributed by atoms with Gasteiger partial charge in [-0.2, -0.15) is 0 Å². The number of hydrogen-bond acceptors (Lipinski definition) is 0. The van der Waals surface area contributed by atoms with Crippen LogP contribution in [0.5, 0.6) is 0 Å². The van der Waals surface area contributed by atoms with Crippen molar-refractivity contribution in [2.24, 2.45) is 0 Å². The summed E-state index contributed by atoms with van der Waals surface area (Å²) in [7, 11) is 4.10. The SMILES string of the molecule is C[N+](C)(CC[O])c1ccccc1. The summed E-state index contributed by atoms with van der Waals surface area (Å²) >= 11 is 0. The molecule has 0 saturated heterocycles. The van der Waals surface area contributed by atoms with Gasteiger partial charge in [-0.05, 0) is 12.1 Å². The van der Waals surface area contributed by atoms with E-state index in [1.54, 1.807) is 0 Å². The van der Waals surface area contributed by atoms with Gasteiger partial charge in [0.1, 0.15) is 18.8 Å². The Balaban J connectivity index is 2.82. The molecule has 1 aromatic rings. The highest BCUT2D eigenvalue weighted by Crippen LogP contribution is 2.16. The van der Waals surface area contributed by atoms with Gasteiger partial charge < -0.3 is 0 Å². The molecule has 0 amide bonds. The van der Waals surface area contributed by atoms with E-state index in [4.69, 9.17) is 0 Å². The number of benzene rings is 1. The first kappa shape index (κ1) is 9.23. The molecule has 0 bridgehead atoms. The maximum Gasteiger partial charge on any atom is 0.132 e. The molecule has 0 N–H and O–H groups in total. The monoisotopic (exact) mass is 165 g/mol. The quantitative estimate of drug-likeness (QED) is 0.607. The molecule has 2 nitrogen and oxygen atoms in total. The zero-order chi connectivity index (χ0) is 9.03. The molecular weight excluding hydrogens is 150 g/mol. The van der Waals surface area contributed by atoms with Crippen LogP contribution in [0.25, 0.3) is 0 Å². The summed E-state index contributed by atoms with van der Waals surface area (Å²) in [5.74, 6) is 0. The second-order valence-electron chi connectivity index (χ2n) is 3.45. The summed E-state index contributed by atoms with van der Waals surface area (Å²) in [6.45, 7) is 0.617. The normalized spacial score (nSPS) is 11.6. The molecule has 0 aliphatic rings. The molecular formula is C10H15NO+. The van der Waals surface area contributed by atoms with Crippen molar-refractivity contribution in [2.45, 2.75) is 0 Å². The van der Waals surface area contributed by atoms with E-state index < -0.39 is 0 Å². The molecule has 1 radical (unpaired) electrons. The van der Waals surface area contributed by atoms with Gasteiger partial charge >= 0.3 is 0 Å². The standard InChI is InChI=1S/C10H15NO/c1-11(2,8-9-12)10-6-4-3-5-7-10/h3-7H,8-9H2,1-2H3/q+1. The third-order valence-corrected chi connectivity index (χ3v) is 2.11. The van der Waals surface area contributed by atoms with E-state index in [-0.39, 0.29) is 6.61 Å². The Morgan fingerprint density at radius 3 is 2.25 bits per heavy atom. The topological polar surface area (TPSA) is 19.9 Å². The van der Waals surface area contributed by atoms with E-state index in [1.807, 2.05) is 32.3 Å². The smallest absolute Gasteiger partial charge is 0.132 e. The molecule has 0 unspecified atom stereocenters. The third-order valence-electron chi connectivity index (χ3n) is 2.11. The van der Waals surface area contributed by atoms with Crippen LogP contribution in [0, 0.1) is 0 Å². The maximum atomic E-state index is 10.5. The molecule has 0 saturated carbocycles. The molecule has 2 heteroatoms. The van der Waals surface area contributed by atoms with Crippen LogP contribution in [-0.4, -0.2) is 27.2 Å². The second-order valence-corrected chi connectivity index (χ2v) is 3.45. The lowest BCUT2D eigenvalue weighted by atomic mass is 10.2. The van der Waals surface area contributed by atoms with Gasteiger partial charge in [-0.15, -0.1) is 0 Å². The van der Waals surface area contributed by atoms with Crippen LogP contribution < -0.4 is 4.48 Å². The molecule has 0 spiro atoms. The molecule has 0 aromatic heterocycles. The largest absolute Gasteiger partial charge is 0.294 e. The maximum absolute atomic E-state index is 10.5. The van der Waals surface area contributed by atoms with E-state index in [0.29, 0.717) is 11.0 Å². The van der Waals surface area contributed by atoms with Crippen LogP contribution in [0.15, 0.2) is 30.3 Å². The Morgan fingerprint density at radius 1 is 1.17 bits per heavy atom. The third kappa shape index (κ3) is 2.06. The lowest BCUT2D eigenvalue weighted by Crippen LogP contribution is -2.42. The van der Waals surface area contributed by atoms with Crippen molar-refractivity contribution in [3.05, 3.63) is 30.3 Å². The summed E-state index contributed by atoms with van der Waals surface area (Å²) in [6, 6.07) is 10.1. The van der Waals surface area contributed by atoms with E-state index >= 15 is 0 Å². The Bertz CT molecular complexity index is 231. The van der Waals surface area contributed by atoms with Crippen molar-refractivity contribution >= 4 is 5.69 Å². The minimum Gasteiger partial charge on any atom is -0.294 e. The first-order valence-corrected chi connectivity index (χ1v) is 4.13. The Kier molecular flexibility index (Phi) is 2.84. The van der Waals surface area contributed by atoms with Crippen LogP contribution in [0.3, 0.4) is 0 Å². The number of hydrogen-bond donors (Lipinski definition) is 0. The fourth-order valence-corrected chi connectivity index (χ4v) is 1.19. The molecule has 1 rings (SSSR count). The van der Waals surface area contributed by atoms with Gasteiger partial charge in [0.25, 0.3) is 0 Å². The highest BCUT2D eigenvalue weighted by Gasteiger charge is 2.16. The summed E-state index contributed by atoms with van der Waals surface area (Å²) < 4.78 is 0.671. The van der Waals surface area contributed by atoms with Gasteiger partial charge in [-0.3, -0.25) is 4.48 Å².